The molecule has 24 heavy (non-hydrogen) atoms. The largest absolute Gasteiger partial charge is 0.398 e. The summed E-state index contributed by atoms with van der Waals surface area (Å²) in [6.07, 6.45) is -0.00338. The summed E-state index contributed by atoms with van der Waals surface area (Å²) in [5.74, 6) is -0.156. The number of anilines is 1. The van der Waals surface area contributed by atoms with E-state index in [4.69, 9.17) is 10.5 Å². The van der Waals surface area contributed by atoms with Gasteiger partial charge in [0.25, 0.3) is 5.91 Å². The summed E-state index contributed by atoms with van der Waals surface area (Å²) in [5, 5.41) is 2.92. The van der Waals surface area contributed by atoms with E-state index in [-0.39, 0.29) is 12.0 Å². The Morgan fingerprint density at radius 1 is 1.17 bits per heavy atom. The Morgan fingerprint density at radius 2 is 1.92 bits per heavy atom. The molecule has 1 fully saturated rings. The van der Waals surface area contributed by atoms with Gasteiger partial charge in [-0.2, -0.15) is 0 Å². The lowest BCUT2D eigenvalue weighted by Gasteiger charge is -2.33. The van der Waals surface area contributed by atoms with Crippen molar-refractivity contribution in [2.75, 3.05) is 32.0 Å². The summed E-state index contributed by atoms with van der Waals surface area (Å²) in [5.41, 5.74) is 8.13. The third-order valence-corrected chi connectivity index (χ3v) is 4.17. The Hall–Kier alpha value is -2.37. The molecule has 1 saturated heterocycles. The Morgan fingerprint density at radius 3 is 2.71 bits per heavy atom. The highest BCUT2D eigenvalue weighted by atomic mass is 16.5. The molecule has 1 aliphatic heterocycles. The minimum atomic E-state index is -0.156. The van der Waals surface area contributed by atoms with Gasteiger partial charge >= 0.3 is 0 Å². The number of nitrogens with two attached hydrogens (primary N) is 1. The van der Waals surface area contributed by atoms with Crippen molar-refractivity contribution in [1.29, 1.82) is 0 Å². The third kappa shape index (κ3) is 4.34. The van der Waals surface area contributed by atoms with Crippen LogP contribution in [0, 0.1) is 0 Å². The second kappa shape index (κ2) is 7.95. The molecule has 5 heteroatoms. The molecule has 0 aliphatic carbocycles. The minimum Gasteiger partial charge on any atom is -0.398 e. The maximum atomic E-state index is 12.2. The van der Waals surface area contributed by atoms with E-state index < -0.39 is 0 Å². The molecule has 5 nitrogen and oxygen atoms in total. The summed E-state index contributed by atoms with van der Waals surface area (Å²) in [6, 6.07) is 17.5. The number of hydrogen-bond acceptors (Lipinski definition) is 4. The third-order valence-electron chi connectivity index (χ3n) is 4.17. The van der Waals surface area contributed by atoms with E-state index in [0.29, 0.717) is 24.4 Å². The fourth-order valence-electron chi connectivity index (χ4n) is 2.89. The molecule has 0 saturated carbocycles. The molecule has 0 radical (unpaired) electrons. The first-order chi connectivity index (χ1) is 11.7. The first-order valence-corrected chi connectivity index (χ1v) is 8.23. The molecule has 1 unspecified atom stereocenters. The second-order valence-corrected chi connectivity index (χ2v) is 6.01. The fraction of sp³-hybridized carbons (Fsp3) is 0.316. The van der Waals surface area contributed by atoms with Crippen molar-refractivity contribution in [2.45, 2.75) is 12.6 Å². The number of nitrogens with zero attached hydrogens (tertiary/aromatic N) is 1. The van der Waals surface area contributed by atoms with Crippen LogP contribution in [0.2, 0.25) is 0 Å². The van der Waals surface area contributed by atoms with Crippen LogP contribution < -0.4 is 11.1 Å². The number of ether oxygens (including phenoxy) is 1. The Balaban J connectivity index is 1.50. The van der Waals surface area contributed by atoms with E-state index in [2.05, 4.69) is 34.5 Å². The summed E-state index contributed by atoms with van der Waals surface area (Å²) < 4.78 is 5.77. The quantitative estimate of drug-likeness (QED) is 0.824. The van der Waals surface area contributed by atoms with Gasteiger partial charge in [-0.05, 0) is 17.7 Å². The van der Waals surface area contributed by atoms with Crippen LogP contribution in [0.3, 0.4) is 0 Å². The van der Waals surface area contributed by atoms with Gasteiger partial charge in [0, 0.05) is 31.9 Å². The zero-order valence-electron chi connectivity index (χ0n) is 13.7. The number of nitrogens with one attached hydrogen (secondary N) is 1. The van der Waals surface area contributed by atoms with Crippen molar-refractivity contribution in [3.63, 3.8) is 0 Å². The van der Waals surface area contributed by atoms with Crippen LogP contribution >= 0.6 is 0 Å². The van der Waals surface area contributed by atoms with Gasteiger partial charge in [0.2, 0.25) is 0 Å². The highest BCUT2D eigenvalue weighted by Gasteiger charge is 2.21. The number of carbonyl (C=O) groups excluding carboxylic acids is 1. The van der Waals surface area contributed by atoms with Crippen LogP contribution in [0.4, 0.5) is 5.69 Å². The molecular weight excluding hydrogens is 302 g/mol. The van der Waals surface area contributed by atoms with Crippen molar-refractivity contribution in [3.05, 3.63) is 65.7 Å². The lowest BCUT2D eigenvalue weighted by molar-refractivity contribution is -0.0292. The smallest absolute Gasteiger partial charge is 0.253 e. The van der Waals surface area contributed by atoms with Crippen molar-refractivity contribution >= 4 is 11.6 Å². The SMILES string of the molecule is Nc1ccccc1C(=O)NCC1CN(Cc2ccccc2)CCO1. The van der Waals surface area contributed by atoms with Crippen LogP contribution in [0.15, 0.2) is 54.6 Å². The molecule has 1 aliphatic rings. The standard InChI is InChI=1S/C19H23N3O2/c20-18-9-5-4-8-17(18)19(23)21-12-16-14-22(10-11-24-16)13-15-6-2-1-3-7-15/h1-9,16H,10-14,20H2,(H,21,23). The van der Waals surface area contributed by atoms with Gasteiger partial charge in [0.15, 0.2) is 0 Å². The maximum absolute atomic E-state index is 12.2. The summed E-state index contributed by atoms with van der Waals surface area (Å²) in [7, 11) is 0. The van der Waals surface area contributed by atoms with E-state index in [0.717, 1.165) is 19.6 Å². The summed E-state index contributed by atoms with van der Waals surface area (Å²) in [6.45, 7) is 3.78. The lowest BCUT2D eigenvalue weighted by atomic mass is 10.1. The van der Waals surface area contributed by atoms with Gasteiger partial charge in [-0.1, -0.05) is 42.5 Å². The lowest BCUT2D eigenvalue weighted by Crippen LogP contribution is -2.47. The number of benzene rings is 2. The van der Waals surface area contributed by atoms with Crippen molar-refractivity contribution in [3.8, 4) is 0 Å². The van der Waals surface area contributed by atoms with E-state index in [1.165, 1.54) is 5.56 Å². The van der Waals surface area contributed by atoms with Gasteiger partial charge in [-0.3, -0.25) is 9.69 Å². The molecule has 0 aromatic heterocycles. The Labute approximate surface area is 142 Å². The van der Waals surface area contributed by atoms with E-state index in [1.54, 1.807) is 12.1 Å². The molecular formula is C19H23N3O2. The van der Waals surface area contributed by atoms with Crippen molar-refractivity contribution in [2.24, 2.45) is 0 Å². The van der Waals surface area contributed by atoms with Crippen LogP contribution in [-0.2, 0) is 11.3 Å². The topological polar surface area (TPSA) is 67.6 Å². The van der Waals surface area contributed by atoms with Crippen LogP contribution in [0.25, 0.3) is 0 Å². The predicted molar refractivity (Wildman–Crippen MR) is 94.6 cm³/mol. The molecule has 2 aromatic carbocycles. The van der Waals surface area contributed by atoms with Gasteiger partial charge in [-0.15, -0.1) is 0 Å². The van der Waals surface area contributed by atoms with Gasteiger partial charge in [0.05, 0.1) is 18.3 Å². The number of para-hydroxylation sites is 1. The maximum Gasteiger partial charge on any atom is 0.253 e. The first kappa shape index (κ1) is 16.5. The molecule has 126 valence electrons. The average Bonchev–Trinajstić information content (AvgIpc) is 2.61. The first-order valence-electron chi connectivity index (χ1n) is 8.23. The Kier molecular flexibility index (Phi) is 5.46. The average molecular weight is 325 g/mol. The second-order valence-electron chi connectivity index (χ2n) is 6.01. The van der Waals surface area contributed by atoms with E-state index in [1.807, 2.05) is 18.2 Å². The monoisotopic (exact) mass is 325 g/mol. The van der Waals surface area contributed by atoms with Gasteiger partial charge in [0.1, 0.15) is 0 Å². The highest BCUT2D eigenvalue weighted by molar-refractivity contribution is 5.99. The zero-order valence-corrected chi connectivity index (χ0v) is 13.7. The molecule has 0 spiro atoms. The summed E-state index contributed by atoms with van der Waals surface area (Å²) in [4.78, 5) is 14.6. The number of morpholine rings is 1. The zero-order chi connectivity index (χ0) is 16.8. The Bertz CT molecular complexity index is 675. The molecule has 2 aromatic rings. The normalized spacial score (nSPS) is 18.2. The number of rotatable bonds is 5. The number of hydrogen-bond donors (Lipinski definition) is 2. The molecule has 1 amide bonds. The molecule has 1 atom stereocenters. The molecule has 0 bridgehead atoms. The van der Waals surface area contributed by atoms with E-state index >= 15 is 0 Å². The fourth-order valence-corrected chi connectivity index (χ4v) is 2.89. The van der Waals surface area contributed by atoms with Gasteiger partial charge < -0.3 is 15.8 Å². The van der Waals surface area contributed by atoms with Crippen LogP contribution in [-0.4, -0.2) is 43.2 Å². The van der Waals surface area contributed by atoms with Crippen LogP contribution in [0.1, 0.15) is 15.9 Å². The number of amides is 1. The predicted octanol–water partition coefficient (Wildman–Crippen LogP) is 1.90. The molecule has 1 heterocycles. The van der Waals surface area contributed by atoms with Crippen molar-refractivity contribution < 1.29 is 9.53 Å². The molecule has 3 N–H and O–H groups in total. The van der Waals surface area contributed by atoms with Crippen LogP contribution in [0.5, 0.6) is 0 Å². The van der Waals surface area contributed by atoms with E-state index in [9.17, 15) is 4.79 Å². The highest BCUT2D eigenvalue weighted by Crippen LogP contribution is 2.12. The molecule has 3 rings (SSSR count). The van der Waals surface area contributed by atoms with Gasteiger partial charge in [-0.25, -0.2) is 0 Å². The number of carbonyl (C=O) groups is 1. The number of nitrogen functional groups attached to an aromatic ring is 1. The minimum absolute atomic E-state index is 0.00338. The summed E-state index contributed by atoms with van der Waals surface area (Å²) >= 11 is 0. The van der Waals surface area contributed by atoms with Crippen molar-refractivity contribution in [1.82, 2.24) is 10.2 Å².